The highest BCUT2D eigenvalue weighted by Gasteiger charge is 2.36. The summed E-state index contributed by atoms with van der Waals surface area (Å²) >= 11 is 0. The first-order valence-corrected chi connectivity index (χ1v) is 5.54. The molecule has 1 nitrogen and oxygen atoms in total. The van der Waals surface area contributed by atoms with Crippen LogP contribution in [-0.4, -0.2) is 6.04 Å². The molecule has 0 aliphatic heterocycles. The van der Waals surface area contributed by atoms with Crippen LogP contribution in [0.2, 0.25) is 0 Å². The van der Waals surface area contributed by atoms with E-state index in [0.29, 0.717) is 6.04 Å². The van der Waals surface area contributed by atoms with Gasteiger partial charge in [-0.05, 0) is 30.7 Å². The molecular formula is C13H19N. The maximum Gasteiger partial charge on any atom is 0.0208 e. The van der Waals surface area contributed by atoms with E-state index in [0.717, 1.165) is 18.4 Å². The first-order chi connectivity index (χ1) is 6.77. The van der Waals surface area contributed by atoms with Crippen LogP contribution in [0.25, 0.3) is 0 Å². The topological polar surface area (TPSA) is 12.0 Å². The summed E-state index contributed by atoms with van der Waals surface area (Å²) in [7, 11) is 0. The summed E-state index contributed by atoms with van der Waals surface area (Å²) in [5.74, 6) is 1.85. The van der Waals surface area contributed by atoms with Crippen molar-refractivity contribution in [2.24, 2.45) is 11.8 Å². The number of benzene rings is 1. The van der Waals surface area contributed by atoms with Crippen LogP contribution in [-0.2, 0) is 6.54 Å². The average molecular weight is 189 g/mol. The largest absolute Gasteiger partial charge is 0.310 e. The molecule has 1 saturated carbocycles. The lowest BCUT2D eigenvalue weighted by Crippen LogP contribution is -2.27. The van der Waals surface area contributed by atoms with Crippen molar-refractivity contribution < 1.29 is 0 Å². The van der Waals surface area contributed by atoms with E-state index in [1.807, 2.05) is 0 Å². The summed E-state index contributed by atoms with van der Waals surface area (Å²) in [5, 5.41) is 3.59. The van der Waals surface area contributed by atoms with E-state index in [9.17, 15) is 0 Å². The molecule has 0 spiro atoms. The summed E-state index contributed by atoms with van der Waals surface area (Å²) in [4.78, 5) is 0. The minimum Gasteiger partial charge on any atom is -0.310 e. The lowest BCUT2D eigenvalue weighted by atomic mass is 10.1. The highest BCUT2D eigenvalue weighted by atomic mass is 14.9. The number of rotatable bonds is 4. The average Bonchev–Trinajstić information content (AvgIpc) is 2.94. The minimum absolute atomic E-state index is 0.671. The van der Waals surface area contributed by atoms with Crippen molar-refractivity contribution in [3.8, 4) is 0 Å². The molecule has 0 heterocycles. The Hall–Kier alpha value is -0.820. The number of nitrogens with one attached hydrogen (secondary N) is 1. The molecule has 0 saturated heterocycles. The number of hydrogen-bond acceptors (Lipinski definition) is 1. The Kier molecular flexibility index (Phi) is 2.87. The minimum atomic E-state index is 0.671. The molecule has 1 heteroatoms. The maximum absolute atomic E-state index is 3.59. The van der Waals surface area contributed by atoms with Gasteiger partial charge in [-0.1, -0.05) is 37.3 Å². The summed E-state index contributed by atoms with van der Waals surface area (Å²) in [6.45, 7) is 5.65. The van der Waals surface area contributed by atoms with Crippen LogP contribution in [0.1, 0.15) is 25.8 Å². The second-order valence-electron chi connectivity index (χ2n) is 4.53. The van der Waals surface area contributed by atoms with Crippen LogP contribution in [0.5, 0.6) is 0 Å². The Labute approximate surface area is 86.5 Å². The molecule has 1 fully saturated rings. The van der Waals surface area contributed by atoms with Crippen molar-refractivity contribution in [2.45, 2.75) is 32.9 Å². The predicted molar refractivity (Wildman–Crippen MR) is 60.0 cm³/mol. The molecule has 3 atom stereocenters. The van der Waals surface area contributed by atoms with Gasteiger partial charge in [0.15, 0.2) is 0 Å². The molecule has 1 aliphatic carbocycles. The van der Waals surface area contributed by atoms with Crippen molar-refractivity contribution in [2.75, 3.05) is 0 Å². The van der Waals surface area contributed by atoms with Crippen LogP contribution < -0.4 is 5.32 Å². The fourth-order valence-electron chi connectivity index (χ4n) is 2.07. The molecule has 1 aromatic rings. The van der Waals surface area contributed by atoms with E-state index in [2.05, 4.69) is 49.5 Å². The van der Waals surface area contributed by atoms with E-state index in [4.69, 9.17) is 0 Å². The predicted octanol–water partition coefficient (Wildman–Crippen LogP) is 2.82. The standard InChI is InChI=1S/C13H19N/c1-10-8-13(10)11(2)14-9-12-6-4-3-5-7-12/h3-7,10-11,13-14H,8-9H2,1-2H3/t10-,11+,13-/m1/s1. The van der Waals surface area contributed by atoms with Gasteiger partial charge < -0.3 is 5.32 Å². The summed E-state index contributed by atoms with van der Waals surface area (Å²) in [6, 6.07) is 11.3. The van der Waals surface area contributed by atoms with Gasteiger partial charge in [-0.2, -0.15) is 0 Å². The van der Waals surface area contributed by atoms with Crippen LogP contribution in [0, 0.1) is 11.8 Å². The van der Waals surface area contributed by atoms with Crippen molar-refractivity contribution in [3.63, 3.8) is 0 Å². The molecule has 76 valence electrons. The highest BCUT2D eigenvalue weighted by Crippen LogP contribution is 2.40. The van der Waals surface area contributed by atoms with E-state index < -0.39 is 0 Å². The van der Waals surface area contributed by atoms with Gasteiger partial charge in [0.25, 0.3) is 0 Å². The molecule has 0 aromatic heterocycles. The SMILES string of the molecule is C[C@@H]1C[C@H]1[C@H](C)NCc1ccccc1. The van der Waals surface area contributed by atoms with Crippen LogP contribution in [0.3, 0.4) is 0 Å². The van der Waals surface area contributed by atoms with Gasteiger partial charge in [0.05, 0.1) is 0 Å². The van der Waals surface area contributed by atoms with Crippen LogP contribution in [0.15, 0.2) is 30.3 Å². The third kappa shape index (κ3) is 2.36. The molecule has 1 aliphatic rings. The monoisotopic (exact) mass is 189 g/mol. The lowest BCUT2D eigenvalue weighted by Gasteiger charge is -2.13. The molecule has 0 amide bonds. The van der Waals surface area contributed by atoms with E-state index in [1.54, 1.807) is 0 Å². The quantitative estimate of drug-likeness (QED) is 0.768. The summed E-state index contributed by atoms with van der Waals surface area (Å²) in [5.41, 5.74) is 1.38. The van der Waals surface area contributed by atoms with E-state index in [1.165, 1.54) is 12.0 Å². The fourth-order valence-corrected chi connectivity index (χ4v) is 2.07. The zero-order chi connectivity index (χ0) is 9.97. The third-order valence-corrected chi connectivity index (χ3v) is 3.28. The van der Waals surface area contributed by atoms with Gasteiger partial charge in [0.1, 0.15) is 0 Å². The van der Waals surface area contributed by atoms with Gasteiger partial charge >= 0.3 is 0 Å². The molecule has 2 rings (SSSR count). The van der Waals surface area contributed by atoms with E-state index >= 15 is 0 Å². The Morgan fingerprint density at radius 1 is 1.36 bits per heavy atom. The zero-order valence-corrected chi connectivity index (χ0v) is 9.03. The first kappa shape index (κ1) is 9.72. The molecule has 14 heavy (non-hydrogen) atoms. The second kappa shape index (κ2) is 4.14. The Balaban J connectivity index is 1.77. The van der Waals surface area contributed by atoms with Gasteiger partial charge in [0, 0.05) is 12.6 Å². The molecular weight excluding hydrogens is 170 g/mol. The molecule has 0 unspecified atom stereocenters. The second-order valence-corrected chi connectivity index (χ2v) is 4.53. The van der Waals surface area contributed by atoms with Crippen molar-refractivity contribution in [1.82, 2.24) is 5.32 Å². The van der Waals surface area contributed by atoms with Crippen LogP contribution in [0.4, 0.5) is 0 Å². The van der Waals surface area contributed by atoms with Crippen molar-refractivity contribution in [3.05, 3.63) is 35.9 Å². The molecule has 1 N–H and O–H groups in total. The highest BCUT2D eigenvalue weighted by molar-refractivity contribution is 5.14. The third-order valence-electron chi connectivity index (χ3n) is 3.28. The van der Waals surface area contributed by atoms with Gasteiger partial charge in [0.2, 0.25) is 0 Å². The Morgan fingerprint density at radius 3 is 2.57 bits per heavy atom. The lowest BCUT2D eigenvalue weighted by molar-refractivity contribution is 0.477. The summed E-state index contributed by atoms with van der Waals surface area (Å²) < 4.78 is 0. The number of hydrogen-bond donors (Lipinski definition) is 1. The van der Waals surface area contributed by atoms with Gasteiger partial charge in [-0.25, -0.2) is 0 Å². The Bertz CT molecular complexity index is 281. The molecule has 1 aromatic carbocycles. The molecule has 0 bridgehead atoms. The summed E-state index contributed by atoms with van der Waals surface area (Å²) in [6.07, 6.45) is 1.41. The maximum atomic E-state index is 3.59. The zero-order valence-electron chi connectivity index (χ0n) is 9.03. The molecule has 0 radical (unpaired) electrons. The van der Waals surface area contributed by atoms with Gasteiger partial charge in [-0.3, -0.25) is 0 Å². The normalized spacial score (nSPS) is 27.3. The fraction of sp³-hybridized carbons (Fsp3) is 0.538. The first-order valence-electron chi connectivity index (χ1n) is 5.54. The van der Waals surface area contributed by atoms with E-state index in [-0.39, 0.29) is 0 Å². The van der Waals surface area contributed by atoms with Crippen molar-refractivity contribution >= 4 is 0 Å². The van der Waals surface area contributed by atoms with Crippen molar-refractivity contribution in [1.29, 1.82) is 0 Å². The van der Waals surface area contributed by atoms with Crippen LogP contribution >= 0.6 is 0 Å². The van der Waals surface area contributed by atoms with Gasteiger partial charge in [-0.15, -0.1) is 0 Å². The Morgan fingerprint density at radius 2 is 2.00 bits per heavy atom. The smallest absolute Gasteiger partial charge is 0.0208 e.